The zero-order valence-electron chi connectivity index (χ0n) is 12.2. The Labute approximate surface area is 148 Å². The molecule has 1 heterocycles. The fourth-order valence-electron chi connectivity index (χ4n) is 2.10. The molecular formula is C15H17BrN2O2S2. The maximum Gasteiger partial charge on any atom is 0.238 e. The van der Waals surface area contributed by atoms with Crippen LogP contribution in [0.5, 0.6) is 0 Å². The van der Waals surface area contributed by atoms with Gasteiger partial charge < -0.3 is 5.32 Å². The number of benzene rings is 1. The van der Waals surface area contributed by atoms with Gasteiger partial charge in [0, 0.05) is 23.1 Å². The third-order valence-corrected chi connectivity index (χ3v) is 5.64. The number of anilines is 1. The summed E-state index contributed by atoms with van der Waals surface area (Å²) in [5.41, 5.74) is 1.88. The molecule has 0 saturated carbocycles. The number of carbonyl (C=O) groups is 2. The first kappa shape index (κ1) is 17.4. The van der Waals surface area contributed by atoms with E-state index in [1.54, 1.807) is 4.90 Å². The number of hydrogen-bond acceptors (Lipinski definition) is 4. The summed E-state index contributed by atoms with van der Waals surface area (Å²) in [5.74, 6) is 0.513. The van der Waals surface area contributed by atoms with Crippen LogP contribution >= 0.6 is 39.9 Å². The summed E-state index contributed by atoms with van der Waals surface area (Å²) in [7, 11) is 0. The van der Waals surface area contributed by atoms with Crippen molar-refractivity contribution < 1.29 is 9.59 Å². The Hall–Kier alpha value is -0.920. The minimum atomic E-state index is -0.00794. The van der Waals surface area contributed by atoms with Crippen molar-refractivity contribution in [1.29, 1.82) is 0 Å². The molecule has 118 valence electrons. The van der Waals surface area contributed by atoms with Crippen molar-refractivity contribution in [2.75, 3.05) is 17.6 Å². The second-order valence-corrected chi connectivity index (χ2v) is 7.53. The van der Waals surface area contributed by atoms with Crippen LogP contribution in [-0.4, -0.2) is 33.3 Å². The molecule has 0 radical (unpaired) electrons. The van der Waals surface area contributed by atoms with Gasteiger partial charge in [0.15, 0.2) is 0 Å². The normalized spacial score (nSPS) is 14.5. The van der Waals surface area contributed by atoms with Crippen LogP contribution in [-0.2, 0) is 9.59 Å². The van der Waals surface area contributed by atoms with E-state index in [1.165, 1.54) is 11.8 Å². The van der Waals surface area contributed by atoms with Gasteiger partial charge in [0.05, 0.1) is 5.75 Å². The maximum atomic E-state index is 11.9. The molecule has 1 aliphatic rings. The highest BCUT2D eigenvalue weighted by Gasteiger charge is 2.25. The number of unbranched alkanes of at least 4 members (excludes halogenated alkanes) is 1. The van der Waals surface area contributed by atoms with Crippen molar-refractivity contribution >= 4 is 61.7 Å². The standard InChI is InChI=1S/C15H17BrN2O2S2/c1-10-8-11(5-6-12(10)16)17-13(19)4-2-3-7-18-14(20)9-22-15(18)21/h5-6,8H,2-4,7,9H2,1H3,(H,17,19). The van der Waals surface area contributed by atoms with Crippen LogP contribution in [0.25, 0.3) is 0 Å². The van der Waals surface area contributed by atoms with Gasteiger partial charge in [-0.15, -0.1) is 0 Å². The lowest BCUT2D eigenvalue weighted by Crippen LogP contribution is -2.29. The Bertz CT molecular complexity index is 591. The first-order chi connectivity index (χ1) is 10.5. The van der Waals surface area contributed by atoms with Crippen LogP contribution in [0.1, 0.15) is 24.8 Å². The Balaban J connectivity index is 1.70. The lowest BCUT2D eigenvalue weighted by molar-refractivity contribution is -0.124. The van der Waals surface area contributed by atoms with E-state index in [0.717, 1.165) is 28.6 Å². The van der Waals surface area contributed by atoms with E-state index in [2.05, 4.69) is 21.2 Å². The molecule has 0 unspecified atom stereocenters. The van der Waals surface area contributed by atoms with Gasteiger partial charge in [-0.3, -0.25) is 14.5 Å². The van der Waals surface area contributed by atoms with E-state index in [9.17, 15) is 9.59 Å². The lowest BCUT2D eigenvalue weighted by Gasteiger charge is -2.14. The van der Waals surface area contributed by atoms with Gasteiger partial charge in [0.2, 0.25) is 11.8 Å². The molecule has 1 fully saturated rings. The van der Waals surface area contributed by atoms with E-state index < -0.39 is 0 Å². The average molecular weight is 401 g/mol. The monoisotopic (exact) mass is 400 g/mol. The summed E-state index contributed by atoms with van der Waals surface area (Å²) in [6, 6.07) is 5.72. The van der Waals surface area contributed by atoms with Crippen molar-refractivity contribution in [3.05, 3.63) is 28.2 Å². The quantitative estimate of drug-likeness (QED) is 0.583. The van der Waals surface area contributed by atoms with E-state index in [-0.39, 0.29) is 11.8 Å². The molecule has 4 nitrogen and oxygen atoms in total. The zero-order valence-corrected chi connectivity index (χ0v) is 15.4. The number of halogens is 1. The third kappa shape index (κ3) is 4.79. The highest BCUT2D eigenvalue weighted by Crippen LogP contribution is 2.21. The number of rotatable bonds is 6. The second kappa shape index (κ2) is 8.08. The molecule has 2 rings (SSSR count). The van der Waals surface area contributed by atoms with Gasteiger partial charge in [-0.25, -0.2) is 0 Å². The van der Waals surface area contributed by atoms with Gasteiger partial charge >= 0.3 is 0 Å². The van der Waals surface area contributed by atoms with Crippen LogP contribution in [0.15, 0.2) is 22.7 Å². The molecule has 1 aromatic rings. The molecular weight excluding hydrogens is 384 g/mol. The first-order valence-electron chi connectivity index (χ1n) is 7.00. The predicted octanol–water partition coefficient (Wildman–Crippen LogP) is 3.73. The minimum Gasteiger partial charge on any atom is -0.326 e. The van der Waals surface area contributed by atoms with Crippen molar-refractivity contribution in [2.45, 2.75) is 26.2 Å². The number of nitrogens with one attached hydrogen (secondary N) is 1. The van der Waals surface area contributed by atoms with Crippen LogP contribution < -0.4 is 5.32 Å². The average Bonchev–Trinajstić information content (AvgIpc) is 2.79. The van der Waals surface area contributed by atoms with Crippen molar-refractivity contribution in [3.8, 4) is 0 Å². The van der Waals surface area contributed by atoms with E-state index in [1.807, 2.05) is 25.1 Å². The largest absolute Gasteiger partial charge is 0.326 e. The van der Waals surface area contributed by atoms with E-state index >= 15 is 0 Å². The summed E-state index contributed by atoms with van der Waals surface area (Å²) < 4.78 is 1.68. The summed E-state index contributed by atoms with van der Waals surface area (Å²) in [5, 5.41) is 2.89. The summed E-state index contributed by atoms with van der Waals surface area (Å²) in [6.07, 6.45) is 1.95. The molecule has 2 amide bonds. The minimum absolute atomic E-state index is 0.00794. The fraction of sp³-hybridized carbons (Fsp3) is 0.400. The summed E-state index contributed by atoms with van der Waals surface area (Å²) in [6.45, 7) is 2.59. The number of aryl methyl sites for hydroxylation is 1. The Kier molecular flexibility index (Phi) is 6.40. The van der Waals surface area contributed by atoms with E-state index in [4.69, 9.17) is 12.2 Å². The number of amides is 2. The molecule has 1 saturated heterocycles. The maximum absolute atomic E-state index is 11.9. The van der Waals surface area contributed by atoms with Crippen LogP contribution in [0.4, 0.5) is 5.69 Å². The van der Waals surface area contributed by atoms with E-state index in [0.29, 0.717) is 23.0 Å². The lowest BCUT2D eigenvalue weighted by atomic mass is 10.2. The molecule has 22 heavy (non-hydrogen) atoms. The predicted molar refractivity (Wildman–Crippen MR) is 98.1 cm³/mol. The van der Waals surface area contributed by atoms with Crippen molar-refractivity contribution in [1.82, 2.24) is 4.90 Å². The highest BCUT2D eigenvalue weighted by atomic mass is 79.9. The van der Waals surface area contributed by atoms with Gasteiger partial charge in [-0.1, -0.05) is 39.9 Å². The Morgan fingerprint density at radius 1 is 1.45 bits per heavy atom. The van der Waals surface area contributed by atoms with Gasteiger partial charge in [0.1, 0.15) is 4.32 Å². The third-order valence-electron chi connectivity index (χ3n) is 3.32. The highest BCUT2D eigenvalue weighted by molar-refractivity contribution is 9.10. The molecule has 0 aliphatic carbocycles. The second-order valence-electron chi connectivity index (χ2n) is 5.07. The van der Waals surface area contributed by atoms with Crippen molar-refractivity contribution in [2.24, 2.45) is 0 Å². The number of thioether (sulfide) groups is 1. The summed E-state index contributed by atoms with van der Waals surface area (Å²) in [4.78, 5) is 25.1. The molecule has 1 aliphatic heterocycles. The molecule has 1 N–H and O–H groups in total. The van der Waals surface area contributed by atoms with Gasteiger partial charge in [-0.2, -0.15) is 0 Å². The number of carbonyl (C=O) groups excluding carboxylic acids is 2. The molecule has 0 spiro atoms. The van der Waals surface area contributed by atoms with Crippen molar-refractivity contribution in [3.63, 3.8) is 0 Å². The Morgan fingerprint density at radius 3 is 2.86 bits per heavy atom. The van der Waals surface area contributed by atoms with Gasteiger partial charge in [-0.05, 0) is 43.5 Å². The first-order valence-corrected chi connectivity index (χ1v) is 9.19. The molecule has 1 aromatic carbocycles. The SMILES string of the molecule is Cc1cc(NC(=O)CCCCN2C(=O)CSC2=S)ccc1Br. The summed E-state index contributed by atoms with van der Waals surface area (Å²) >= 11 is 9.95. The zero-order chi connectivity index (χ0) is 16.1. The molecule has 0 aromatic heterocycles. The van der Waals surface area contributed by atoms with Crippen LogP contribution in [0.3, 0.4) is 0 Å². The molecule has 0 atom stereocenters. The van der Waals surface area contributed by atoms with Crippen LogP contribution in [0, 0.1) is 6.92 Å². The Morgan fingerprint density at radius 2 is 2.23 bits per heavy atom. The number of hydrogen-bond donors (Lipinski definition) is 1. The topological polar surface area (TPSA) is 49.4 Å². The van der Waals surface area contributed by atoms with Crippen LogP contribution in [0.2, 0.25) is 0 Å². The molecule has 0 bridgehead atoms. The number of nitrogens with zero attached hydrogens (tertiary/aromatic N) is 1. The number of thiocarbonyl (C=S) groups is 1. The smallest absolute Gasteiger partial charge is 0.238 e. The molecule has 7 heteroatoms. The van der Waals surface area contributed by atoms with Gasteiger partial charge in [0.25, 0.3) is 0 Å². The fourth-order valence-corrected chi connectivity index (χ4v) is 3.47.